The van der Waals surface area contributed by atoms with E-state index in [0.29, 0.717) is 23.7 Å². The zero-order valence-electron chi connectivity index (χ0n) is 15.9. The van der Waals surface area contributed by atoms with Gasteiger partial charge in [0, 0.05) is 14.2 Å². The standard InChI is InChI=1S/C21H21ClIN5O/c1-13-3-5-14(6-4-13)20(29)19-16(12-25)21(26-10-2-9-24)28(27-19)18-8-7-15(22)11-17(18)23/h3-8,11,16,21,26H,2,9-10,24H2,1H3. The van der Waals surface area contributed by atoms with E-state index in [9.17, 15) is 10.1 Å². The van der Waals surface area contributed by atoms with E-state index in [1.54, 1.807) is 23.2 Å². The molecule has 2 unspecified atom stereocenters. The first-order valence-corrected chi connectivity index (χ1v) is 10.7. The molecule has 8 heteroatoms. The Morgan fingerprint density at radius 3 is 2.69 bits per heavy atom. The van der Waals surface area contributed by atoms with Crippen LogP contribution in [0, 0.1) is 27.7 Å². The van der Waals surface area contributed by atoms with Gasteiger partial charge in [-0.15, -0.1) is 0 Å². The van der Waals surface area contributed by atoms with E-state index in [0.717, 1.165) is 21.2 Å². The molecule has 0 aromatic heterocycles. The van der Waals surface area contributed by atoms with E-state index in [-0.39, 0.29) is 11.5 Å². The Morgan fingerprint density at radius 2 is 2.07 bits per heavy atom. The normalized spacial score (nSPS) is 18.4. The van der Waals surface area contributed by atoms with E-state index < -0.39 is 12.1 Å². The first-order valence-electron chi connectivity index (χ1n) is 9.23. The number of rotatable bonds is 7. The minimum absolute atomic E-state index is 0.229. The molecule has 1 aliphatic rings. The molecule has 0 saturated carbocycles. The number of ketones is 1. The van der Waals surface area contributed by atoms with E-state index in [4.69, 9.17) is 17.3 Å². The van der Waals surface area contributed by atoms with Gasteiger partial charge in [-0.05, 0) is 67.2 Å². The van der Waals surface area contributed by atoms with Gasteiger partial charge in [0.1, 0.15) is 17.8 Å². The lowest BCUT2D eigenvalue weighted by atomic mass is 9.94. The second-order valence-corrected chi connectivity index (χ2v) is 8.37. The highest BCUT2D eigenvalue weighted by Gasteiger charge is 2.42. The van der Waals surface area contributed by atoms with Crippen LogP contribution in [0.15, 0.2) is 47.6 Å². The summed E-state index contributed by atoms with van der Waals surface area (Å²) >= 11 is 8.27. The summed E-state index contributed by atoms with van der Waals surface area (Å²) in [5.41, 5.74) is 8.20. The third-order valence-corrected chi connectivity index (χ3v) is 5.76. The number of nitrogens with zero attached hydrogens (tertiary/aromatic N) is 3. The molecule has 0 saturated heterocycles. The summed E-state index contributed by atoms with van der Waals surface area (Å²) in [6.07, 6.45) is 0.284. The maximum atomic E-state index is 13.1. The van der Waals surface area contributed by atoms with E-state index in [1.807, 2.05) is 31.2 Å². The number of aryl methyl sites for hydroxylation is 1. The predicted molar refractivity (Wildman–Crippen MR) is 124 cm³/mol. The van der Waals surface area contributed by atoms with Crippen LogP contribution in [0.25, 0.3) is 0 Å². The van der Waals surface area contributed by atoms with Crippen LogP contribution in [0.1, 0.15) is 22.3 Å². The number of benzene rings is 2. The number of nitrogens with two attached hydrogens (primary N) is 1. The van der Waals surface area contributed by atoms with Gasteiger partial charge in [-0.3, -0.25) is 10.1 Å². The Morgan fingerprint density at radius 1 is 1.34 bits per heavy atom. The molecule has 2 aromatic rings. The zero-order valence-corrected chi connectivity index (χ0v) is 18.8. The van der Waals surface area contributed by atoms with Crippen molar-refractivity contribution in [3.63, 3.8) is 0 Å². The van der Waals surface area contributed by atoms with Crippen molar-refractivity contribution in [2.75, 3.05) is 18.1 Å². The number of hydrogen-bond acceptors (Lipinski definition) is 6. The lowest BCUT2D eigenvalue weighted by Crippen LogP contribution is -2.46. The Labute approximate surface area is 188 Å². The average Bonchev–Trinajstić information content (AvgIpc) is 3.06. The van der Waals surface area contributed by atoms with Crippen LogP contribution in [-0.4, -0.2) is 30.8 Å². The molecule has 6 nitrogen and oxygen atoms in total. The third-order valence-electron chi connectivity index (χ3n) is 4.67. The van der Waals surface area contributed by atoms with Gasteiger partial charge < -0.3 is 5.73 Å². The van der Waals surface area contributed by atoms with Crippen molar-refractivity contribution in [2.24, 2.45) is 16.8 Å². The van der Waals surface area contributed by atoms with Crippen LogP contribution in [0.4, 0.5) is 5.69 Å². The maximum Gasteiger partial charge on any atom is 0.210 e. The van der Waals surface area contributed by atoms with Crippen LogP contribution in [0.3, 0.4) is 0 Å². The molecule has 0 amide bonds. The Hall–Kier alpha value is -1.99. The highest BCUT2D eigenvalue weighted by atomic mass is 127. The van der Waals surface area contributed by atoms with Crippen molar-refractivity contribution < 1.29 is 4.79 Å². The van der Waals surface area contributed by atoms with Crippen LogP contribution in [-0.2, 0) is 0 Å². The quantitative estimate of drug-likeness (QED) is 0.329. The summed E-state index contributed by atoms with van der Waals surface area (Å²) < 4.78 is 0.880. The molecule has 3 N–H and O–H groups in total. The summed E-state index contributed by atoms with van der Waals surface area (Å²) in [5, 5.41) is 20.1. The van der Waals surface area contributed by atoms with Gasteiger partial charge in [0.2, 0.25) is 5.78 Å². The Kier molecular flexibility index (Phi) is 7.24. The van der Waals surface area contributed by atoms with Crippen molar-refractivity contribution >= 4 is 51.4 Å². The van der Waals surface area contributed by atoms with Crippen molar-refractivity contribution in [1.29, 1.82) is 5.26 Å². The molecular formula is C21H21ClIN5O. The second kappa shape index (κ2) is 9.67. The van der Waals surface area contributed by atoms with Crippen molar-refractivity contribution in [2.45, 2.75) is 19.5 Å². The van der Waals surface area contributed by atoms with E-state index in [1.165, 1.54) is 0 Å². The molecule has 2 atom stereocenters. The number of anilines is 1. The zero-order chi connectivity index (χ0) is 21.0. The van der Waals surface area contributed by atoms with Gasteiger partial charge in [0.25, 0.3) is 0 Å². The number of Topliss-reactive ketones (excluding diaryl/α,β-unsaturated/α-hetero) is 1. The van der Waals surface area contributed by atoms with Gasteiger partial charge in [0.15, 0.2) is 0 Å². The monoisotopic (exact) mass is 521 g/mol. The summed E-state index contributed by atoms with van der Waals surface area (Å²) in [6.45, 7) is 3.11. The number of carbonyl (C=O) groups is 1. The summed E-state index contributed by atoms with van der Waals surface area (Å²) in [7, 11) is 0. The van der Waals surface area contributed by atoms with Crippen molar-refractivity contribution in [3.05, 3.63) is 62.2 Å². The summed E-state index contributed by atoms with van der Waals surface area (Å²) in [5.74, 6) is -0.957. The number of hydrogen-bond donors (Lipinski definition) is 2. The average molecular weight is 522 g/mol. The molecule has 3 rings (SSSR count). The third kappa shape index (κ3) is 4.78. The lowest BCUT2D eigenvalue weighted by Gasteiger charge is -2.27. The van der Waals surface area contributed by atoms with Gasteiger partial charge in [-0.1, -0.05) is 41.4 Å². The first-order chi connectivity index (χ1) is 14.0. The molecule has 1 heterocycles. The molecule has 0 fully saturated rings. The molecular weight excluding hydrogens is 501 g/mol. The molecule has 29 heavy (non-hydrogen) atoms. The van der Waals surface area contributed by atoms with Crippen LogP contribution >= 0.6 is 34.2 Å². The summed E-state index contributed by atoms with van der Waals surface area (Å²) in [6, 6.07) is 15.0. The molecule has 1 aliphatic heterocycles. The minimum Gasteiger partial charge on any atom is -0.330 e. The fourth-order valence-electron chi connectivity index (χ4n) is 3.13. The number of nitriles is 1. The minimum atomic E-state index is -0.715. The molecule has 0 aliphatic carbocycles. The molecule has 0 spiro atoms. The van der Waals surface area contributed by atoms with Crippen molar-refractivity contribution in [1.82, 2.24) is 5.32 Å². The van der Waals surface area contributed by atoms with Gasteiger partial charge in [-0.25, -0.2) is 5.01 Å². The predicted octanol–water partition coefficient (Wildman–Crippen LogP) is 3.72. The molecule has 0 radical (unpaired) electrons. The molecule has 150 valence electrons. The van der Waals surface area contributed by atoms with Crippen LogP contribution in [0.2, 0.25) is 5.02 Å². The van der Waals surface area contributed by atoms with Gasteiger partial charge in [0.05, 0.1) is 11.8 Å². The van der Waals surface area contributed by atoms with E-state index >= 15 is 0 Å². The Balaban J connectivity index is 2.01. The van der Waals surface area contributed by atoms with Gasteiger partial charge in [-0.2, -0.15) is 10.4 Å². The molecule has 0 bridgehead atoms. The topological polar surface area (TPSA) is 94.5 Å². The highest BCUT2D eigenvalue weighted by Crippen LogP contribution is 2.33. The second-order valence-electron chi connectivity index (χ2n) is 6.77. The van der Waals surface area contributed by atoms with Crippen LogP contribution < -0.4 is 16.1 Å². The number of nitrogens with one attached hydrogen (secondary N) is 1. The van der Waals surface area contributed by atoms with Crippen LogP contribution in [0.5, 0.6) is 0 Å². The Bertz CT molecular complexity index is 970. The number of halogens is 2. The lowest BCUT2D eigenvalue weighted by molar-refractivity contribution is 0.106. The first kappa shape index (κ1) is 21.7. The largest absolute Gasteiger partial charge is 0.330 e. The highest BCUT2D eigenvalue weighted by molar-refractivity contribution is 14.1. The fourth-order valence-corrected chi connectivity index (χ4v) is 4.25. The number of hydrazone groups is 1. The maximum absolute atomic E-state index is 13.1. The smallest absolute Gasteiger partial charge is 0.210 e. The van der Waals surface area contributed by atoms with Crippen molar-refractivity contribution in [3.8, 4) is 6.07 Å². The fraction of sp³-hybridized carbons (Fsp3) is 0.286. The summed E-state index contributed by atoms with van der Waals surface area (Å²) in [4.78, 5) is 13.1. The van der Waals surface area contributed by atoms with E-state index in [2.05, 4.69) is 39.1 Å². The molecule has 2 aromatic carbocycles. The van der Waals surface area contributed by atoms with Gasteiger partial charge >= 0.3 is 0 Å². The SMILES string of the molecule is Cc1ccc(C(=O)C2=NN(c3ccc(Cl)cc3I)C(NCCCN)C2C#N)cc1. The number of carbonyl (C=O) groups excluding carboxylic acids is 1.